The van der Waals surface area contributed by atoms with Crippen molar-refractivity contribution in [3.05, 3.63) is 40.9 Å². The Hall–Kier alpha value is -1.32. The van der Waals surface area contributed by atoms with Crippen molar-refractivity contribution >= 4 is 23.6 Å². The molecule has 1 aromatic rings. The summed E-state index contributed by atoms with van der Waals surface area (Å²) in [5.41, 5.74) is 6.77. The van der Waals surface area contributed by atoms with Gasteiger partial charge in [0.2, 0.25) is 5.91 Å². The van der Waals surface area contributed by atoms with Gasteiger partial charge in [0, 0.05) is 23.7 Å². The minimum absolute atomic E-state index is 0.0159. The highest BCUT2D eigenvalue weighted by molar-refractivity contribution is 6.30. The second kappa shape index (κ2) is 7.19. The average molecular weight is 267 g/mol. The van der Waals surface area contributed by atoms with Crippen molar-refractivity contribution < 1.29 is 4.79 Å². The fourth-order valence-electron chi connectivity index (χ4n) is 1.26. The molecule has 1 atom stereocenters. The van der Waals surface area contributed by atoms with E-state index in [0.29, 0.717) is 17.5 Å². The van der Waals surface area contributed by atoms with Gasteiger partial charge in [-0.05, 0) is 29.7 Å². The van der Waals surface area contributed by atoms with Crippen LogP contribution < -0.4 is 11.1 Å². The second-order valence-corrected chi connectivity index (χ2v) is 4.97. The number of nitrogens with one attached hydrogen (secondary N) is 1. The number of benzene rings is 1. The quantitative estimate of drug-likeness (QED) is 0.805. The normalized spacial score (nSPS) is 12.9. The van der Waals surface area contributed by atoms with Gasteiger partial charge >= 0.3 is 0 Å². The Morgan fingerprint density at radius 1 is 1.39 bits per heavy atom. The Morgan fingerprint density at radius 3 is 2.56 bits per heavy atom. The summed E-state index contributed by atoms with van der Waals surface area (Å²) in [6.45, 7) is 4.54. The SMILES string of the molecule is CC(C)C(N)CNC(=O)C=Cc1ccc(Cl)cc1. The third kappa shape index (κ3) is 5.34. The first-order chi connectivity index (χ1) is 8.49. The van der Waals surface area contributed by atoms with Gasteiger partial charge in [-0.15, -0.1) is 0 Å². The third-order valence-electron chi connectivity index (χ3n) is 2.67. The van der Waals surface area contributed by atoms with Crippen LogP contribution in [0.25, 0.3) is 6.08 Å². The highest BCUT2D eigenvalue weighted by Crippen LogP contribution is 2.10. The number of hydrogen-bond donors (Lipinski definition) is 2. The smallest absolute Gasteiger partial charge is 0.244 e. The minimum atomic E-state index is -0.138. The first kappa shape index (κ1) is 14.7. The Labute approximate surface area is 113 Å². The molecule has 0 aliphatic rings. The lowest BCUT2D eigenvalue weighted by molar-refractivity contribution is -0.116. The van der Waals surface area contributed by atoms with E-state index in [2.05, 4.69) is 5.32 Å². The Morgan fingerprint density at radius 2 is 2.00 bits per heavy atom. The number of carbonyl (C=O) groups is 1. The zero-order valence-corrected chi connectivity index (χ0v) is 11.4. The van der Waals surface area contributed by atoms with Crippen LogP contribution in [0.15, 0.2) is 30.3 Å². The summed E-state index contributed by atoms with van der Waals surface area (Å²) in [6.07, 6.45) is 3.24. The summed E-state index contributed by atoms with van der Waals surface area (Å²) >= 11 is 5.77. The van der Waals surface area contributed by atoms with Crippen LogP contribution in [-0.2, 0) is 4.79 Å². The molecule has 98 valence electrons. The van der Waals surface area contributed by atoms with Crippen LogP contribution in [0.2, 0.25) is 5.02 Å². The molecule has 1 rings (SSSR count). The second-order valence-electron chi connectivity index (χ2n) is 4.54. The predicted octanol–water partition coefficient (Wildman–Crippen LogP) is 2.45. The molecule has 18 heavy (non-hydrogen) atoms. The van der Waals surface area contributed by atoms with Crippen LogP contribution in [0.5, 0.6) is 0 Å². The van der Waals surface area contributed by atoms with E-state index >= 15 is 0 Å². The Kier molecular flexibility index (Phi) is 5.89. The van der Waals surface area contributed by atoms with Crippen LogP contribution in [0.3, 0.4) is 0 Å². The maximum absolute atomic E-state index is 11.5. The maximum Gasteiger partial charge on any atom is 0.244 e. The maximum atomic E-state index is 11.5. The fraction of sp³-hybridized carbons (Fsp3) is 0.357. The van der Waals surface area contributed by atoms with E-state index in [-0.39, 0.29) is 11.9 Å². The van der Waals surface area contributed by atoms with Gasteiger partial charge in [0.25, 0.3) is 0 Å². The third-order valence-corrected chi connectivity index (χ3v) is 2.92. The molecule has 0 bridgehead atoms. The molecule has 0 aromatic heterocycles. The summed E-state index contributed by atoms with van der Waals surface area (Å²) < 4.78 is 0. The minimum Gasteiger partial charge on any atom is -0.351 e. The lowest BCUT2D eigenvalue weighted by Crippen LogP contribution is -2.39. The fourth-order valence-corrected chi connectivity index (χ4v) is 1.38. The molecule has 0 saturated heterocycles. The van der Waals surface area contributed by atoms with Crippen molar-refractivity contribution in [3.63, 3.8) is 0 Å². The van der Waals surface area contributed by atoms with Crippen molar-refractivity contribution in [2.75, 3.05) is 6.54 Å². The summed E-state index contributed by atoms with van der Waals surface area (Å²) in [5, 5.41) is 3.45. The van der Waals surface area contributed by atoms with E-state index in [9.17, 15) is 4.79 Å². The average Bonchev–Trinajstić information content (AvgIpc) is 2.35. The van der Waals surface area contributed by atoms with Crippen LogP contribution in [0.4, 0.5) is 0 Å². The van der Waals surface area contributed by atoms with Gasteiger partial charge in [-0.1, -0.05) is 37.6 Å². The first-order valence-electron chi connectivity index (χ1n) is 5.96. The first-order valence-corrected chi connectivity index (χ1v) is 6.34. The lowest BCUT2D eigenvalue weighted by atomic mass is 10.1. The van der Waals surface area contributed by atoms with Crippen molar-refractivity contribution in [1.29, 1.82) is 0 Å². The van der Waals surface area contributed by atoms with E-state index in [4.69, 9.17) is 17.3 Å². The van der Waals surface area contributed by atoms with Gasteiger partial charge in [-0.3, -0.25) is 4.79 Å². The molecule has 0 saturated carbocycles. The van der Waals surface area contributed by atoms with Gasteiger partial charge in [-0.25, -0.2) is 0 Å². The molecule has 0 radical (unpaired) electrons. The lowest BCUT2D eigenvalue weighted by Gasteiger charge is -2.15. The molecule has 0 aliphatic heterocycles. The molecule has 0 spiro atoms. The van der Waals surface area contributed by atoms with Crippen molar-refractivity contribution in [2.24, 2.45) is 11.7 Å². The number of carbonyl (C=O) groups excluding carboxylic acids is 1. The monoisotopic (exact) mass is 266 g/mol. The molecule has 0 heterocycles. The summed E-state index contributed by atoms with van der Waals surface area (Å²) in [4.78, 5) is 11.5. The summed E-state index contributed by atoms with van der Waals surface area (Å²) in [7, 11) is 0. The molecule has 4 heteroatoms. The molecule has 3 N–H and O–H groups in total. The van der Waals surface area contributed by atoms with Gasteiger partial charge in [0.1, 0.15) is 0 Å². The number of rotatable bonds is 5. The van der Waals surface area contributed by atoms with E-state index in [0.717, 1.165) is 5.56 Å². The van der Waals surface area contributed by atoms with Crippen molar-refractivity contribution in [1.82, 2.24) is 5.32 Å². The number of halogens is 1. The zero-order chi connectivity index (χ0) is 13.5. The largest absolute Gasteiger partial charge is 0.351 e. The summed E-state index contributed by atoms with van der Waals surface area (Å²) in [6, 6.07) is 7.26. The van der Waals surface area contributed by atoms with Gasteiger partial charge in [-0.2, -0.15) is 0 Å². The topological polar surface area (TPSA) is 55.1 Å². The molecule has 0 aliphatic carbocycles. The standard InChI is InChI=1S/C14H19ClN2O/c1-10(2)13(16)9-17-14(18)8-5-11-3-6-12(15)7-4-11/h3-8,10,13H,9,16H2,1-2H3,(H,17,18). The van der Waals surface area contributed by atoms with E-state index in [1.165, 1.54) is 6.08 Å². The van der Waals surface area contributed by atoms with E-state index in [1.807, 2.05) is 26.0 Å². The van der Waals surface area contributed by atoms with Gasteiger partial charge in [0.05, 0.1) is 0 Å². The molecule has 1 aromatic carbocycles. The molecular weight excluding hydrogens is 248 g/mol. The van der Waals surface area contributed by atoms with Gasteiger partial charge < -0.3 is 11.1 Å². The number of amides is 1. The molecule has 0 fully saturated rings. The van der Waals surface area contributed by atoms with Crippen molar-refractivity contribution in [3.8, 4) is 0 Å². The van der Waals surface area contributed by atoms with Crippen LogP contribution in [-0.4, -0.2) is 18.5 Å². The number of hydrogen-bond acceptors (Lipinski definition) is 2. The number of nitrogens with two attached hydrogens (primary N) is 1. The van der Waals surface area contributed by atoms with Crippen LogP contribution >= 0.6 is 11.6 Å². The van der Waals surface area contributed by atoms with Crippen LogP contribution in [0.1, 0.15) is 19.4 Å². The molecule has 1 amide bonds. The molecule has 1 unspecified atom stereocenters. The summed E-state index contributed by atoms with van der Waals surface area (Å²) in [5.74, 6) is 0.214. The predicted molar refractivity (Wildman–Crippen MR) is 76.3 cm³/mol. The van der Waals surface area contributed by atoms with Crippen molar-refractivity contribution in [2.45, 2.75) is 19.9 Å². The van der Waals surface area contributed by atoms with E-state index < -0.39 is 0 Å². The highest BCUT2D eigenvalue weighted by Gasteiger charge is 2.07. The Bertz CT molecular complexity index is 412. The molecular formula is C14H19ClN2O. The zero-order valence-electron chi connectivity index (χ0n) is 10.7. The molecule has 3 nitrogen and oxygen atoms in total. The van der Waals surface area contributed by atoms with E-state index in [1.54, 1.807) is 18.2 Å². The van der Waals surface area contributed by atoms with Gasteiger partial charge in [0.15, 0.2) is 0 Å². The van der Waals surface area contributed by atoms with Crippen LogP contribution in [0, 0.1) is 5.92 Å². The Balaban J connectivity index is 2.42. The highest BCUT2D eigenvalue weighted by atomic mass is 35.5.